The van der Waals surface area contributed by atoms with Gasteiger partial charge in [-0.1, -0.05) is 0 Å². The number of nitrogen functional groups attached to an aromatic ring is 1. The van der Waals surface area contributed by atoms with Gasteiger partial charge in [0, 0.05) is 18.5 Å². The molecule has 1 saturated heterocycles. The van der Waals surface area contributed by atoms with Gasteiger partial charge in [-0.15, -0.1) is 0 Å². The highest BCUT2D eigenvalue weighted by molar-refractivity contribution is 5.97. The smallest absolute Gasteiger partial charge is 0.229 e. The van der Waals surface area contributed by atoms with E-state index in [2.05, 4.69) is 4.98 Å². The van der Waals surface area contributed by atoms with Crippen LogP contribution in [0.3, 0.4) is 0 Å². The van der Waals surface area contributed by atoms with Crippen molar-refractivity contribution in [3.63, 3.8) is 0 Å². The third-order valence-corrected chi connectivity index (χ3v) is 3.13. The Hall–Kier alpha value is -2.37. The lowest BCUT2D eigenvalue weighted by molar-refractivity contribution is -0.149. The van der Waals surface area contributed by atoms with Gasteiger partial charge in [0.25, 0.3) is 0 Å². The summed E-state index contributed by atoms with van der Waals surface area (Å²) in [6, 6.07) is 5.14. The van der Waals surface area contributed by atoms with Gasteiger partial charge in [0.1, 0.15) is 12.1 Å². The van der Waals surface area contributed by atoms with Crippen molar-refractivity contribution in [2.75, 3.05) is 5.73 Å². The Kier molecular flexibility index (Phi) is 2.70. The summed E-state index contributed by atoms with van der Waals surface area (Å²) in [7, 11) is 0. The number of oxazole rings is 1. The number of hydrogen-bond acceptors (Lipinski definition) is 5. The molecule has 1 aromatic heterocycles. The normalized spacial score (nSPS) is 16.3. The van der Waals surface area contributed by atoms with Crippen LogP contribution in [0.25, 0.3) is 11.1 Å². The number of rotatable bonds is 2. The molecule has 0 saturated carbocycles. The number of nitrogens with two attached hydrogens (primary N) is 1. The Morgan fingerprint density at radius 2 is 2.00 bits per heavy atom. The predicted octanol–water partition coefficient (Wildman–Crippen LogP) is 1.45. The van der Waals surface area contributed by atoms with Crippen molar-refractivity contribution >= 4 is 28.6 Å². The van der Waals surface area contributed by atoms with E-state index in [-0.39, 0.29) is 18.4 Å². The summed E-state index contributed by atoms with van der Waals surface area (Å²) in [6.45, 7) is 0.0895. The molecule has 1 aromatic carbocycles. The molecule has 2 aromatic rings. The molecule has 0 unspecified atom stereocenters. The first kappa shape index (κ1) is 11.7. The molecule has 19 heavy (non-hydrogen) atoms. The molecule has 0 atom stereocenters. The van der Waals surface area contributed by atoms with Crippen molar-refractivity contribution < 1.29 is 14.0 Å². The van der Waals surface area contributed by atoms with E-state index < -0.39 is 0 Å². The number of amides is 2. The summed E-state index contributed by atoms with van der Waals surface area (Å²) in [5, 5.41) is 0. The van der Waals surface area contributed by atoms with E-state index in [1.807, 2.05) is 0 Å². The number of aromatic nitrogens is 1. The number of hydrogen-bond donors (Lipinski definition) is 1. The maximum atomic E-state index is 11.7. The third kappa shape index (κ3) is 2.16. The van der Waals surface area contributed by atoms with Crippen LogP contribution >= 0.6 is 0 Å². The molecule has 98 valence electrons. The van der Waals surface area contributed by atoms with Crippen molar-refractivity contribution in [1.82, 2.24) is 9.88 Å². The maximum Gasteiger partial charge on any atom is 0.229 e. The van der Waals surface area contributed by atoms with Crippen LogP contribution in [0.5, 0.6) is 0 Å². The Morgan fingerprint density at radius 3 is 2.74 bits per heavy atom. The molecule has 1 fully saturated rings. The van der Waals surface area contributed by atoms with E-state index in [0.717, 1.165) is 0 Å². The lowest BCUT2D eigenvalue weighted by Crippen LogP contribution is -2.39. The Morgan fingerprint density at radius 1 is 1.26 bits per heavy atom. The molecule has 0 radical (unpaired) electrons. The second kappa shape index (κ2) is 4.38. The number of fused-ring (bicyclic) bond motifs is 1. The average Bonchev–Trinajstić information content (AvgIpc) is 2.75. The number of piperidine rings is 1. The molecule has 2 amide bonds. The first-order valence-electron chi connectivity index (χ1n) is 6.11. The van der Waals surface area contributed by atoms with E-state index in [1.54, 1.807) is 18.2 Å². The zero-order chi connectivity index (χ0) is 13.4. The van der Waals surface area contributed by atoms with Gasteiger partial charge in [-0.2, -0.15) is 0 Å². The molecule has 0 spiro atoms. The largest absolute Gasteiger partial charge is 0.439 e. The van der Waals surface area contributed by atoms with Crippen molar-refractivity contribution in [2.45, 2.75) is 25.8 Å². The van der Waals surface area contributed by atoms with E-state index >= 15 is 0 Å². The number of carbonyl (C=O) groups excluding carboxylic acids is 2. The Balaban J connectivity index is 1.88. The number of benzene rings is 1. The number of anilines is 1. The molecule has 3 rings (SSSR count). The molecular formula is C13H13N3O3. The highest BCUT2D eigenvalue weighted by atomic mass is 16.3. The van der Waals surface area contributed by atoms with Crippen LogP contribution in [0.4, 0.5) is 5.69 Å². The van der Waals surface area contributed by atoms with Gasteiger partial charge in [-0.3, -0.25) is 14.5 Å². The fraction of sp³-hybridized carbons (Fsp3) is 0.308. The lowest BCUT2D eigenvalue weighted by atomic mass is 10.1. The van der Waals surface area contributed by atoms with E-state index in [0.29, 0.717) is 41.9 Å². The lowest BCUT2D eigenvalue weighted by Gasteiger charge is -2.23. The molecule has 0 bridgehead atoms. The topological polar surface area (TPSA) is 89.4 Å². The van der Waals surface area contributed by atoms with Gasteiger partial charge < -0.3 is 10.2 Å². The quantitative estimate of drug-likeness (QED) is 0.651. The molecule has 6 heteroatoms. The van der Waals surface area contributed by atoms with Crippen molar-refractivity contribution in [3.8, 4) is 0 Å². The number of nitrogens with zero attached hydrogens (tertiary/aromatic N) is 2. The molecule has 6 nitrogen and oxygen atoms in total. The van der Waals surface area contributed by atoms with Gasteiger partial charge in [-0.25, -0.2) is 4.98 Å². The maximum absolute atomic E-state index is 11.7. The number of carbonyl (C=O) groups is 2. The molecule has 1 aliphatic rings. The zero-order valence-electron chi connectivity index (χ0n) is 10.3. The van der Waals surface area contributed by atoms with Crippen LogP contribution in [0.2, 0.25) is 0 Å². The fourth-order valence-corrected chi connectivity index (χ4v) is 2.17. The average molecular weight is 259 g/mol. The summed E-state index contributed by atoms with van der Waals surface area (Å²) in [4.78, 5) is 28.8. The molecule has 2 heterocycles. The highest BCUT2D eigenvalue weighted by Crippen LogP contribution is 2.21. The molecule has 2 N–H and O–H groups in total. The van der Waals surface area contributed by atoms with Crippen LogP contribution in [0, 0.1) is 0 Å². The van der Waals surface area contributed by atoms with Crippen LogP contribution in [-0.2, 0) is 16.1 Å². The second-order valence-electron chi connectivity index (χ2n) is 4.56. The standard InChI is InChI=1S/C13H13N3O3/c14-8-4-5-10-9(6-8)15-11(19-10)7-16-12(17)2-1-3-13(16)18/h4-6H,1-3,7,14H2. The van der Waals surface area contributed by atoms with Crippen LogP contribution in [-0.4, -0.2) is 21.7 Å². The van der Waals surface area contributed by atoms with Gasteiger partial charge in [0.2, 0.25) is 17.7 Å². The molecule has 0 aliphatic carbocycles. The minimum absolute atomic E-state index is 0.0895. The van der Waals surface area contributed by atoms with Crippen LogP contribution < -0.4 is 5.73 Å². The fourth-order valence-electron chi connectivity index (χ4n) is 2.17. The summed E-state index contributed by atoms with van der Waals surface area (Å²) >= 11 is 0. The summed E-state index contributed by atoms with van der Waals surface area (Å²) < 4.78 is 5.51. The van der Waals surface area contributed by atoms with E-state index in [9.17, 15) is 9.59 Å². The molecular weight excluding hydrogens is 246 g/mol. The van der Waals surface area contributed by atoms with Crippen molar-refractivity contribution in [1.29, 1.82) is 0 Å². The predicted molar refractivity (Wildman–Crippen MR) is 67.8 cm³/mol. The Labute approximate surface area is 109 Å². The summed E-state index contributed by atoms with van der Waals surface area (Å²) in [5.74, 6) is 0.0141. The third-order valence-electron chi connectivity index (χ3n) is 3.13. The van der Waals surface area contributed by atoms with Gasteiger partial charge in [0.15, 0.2) is 5.58 Å². The van der Waals surface area contributed by atoms with Gasteiger partial charge in [-0.05, 0) is 24.6 Å². The van der Waals surface area contributed by atoms with Crippen LogP contribution in [0.15, 0.2) is 22.6 Å². The minimum atomic E-state index is -0.168. The first-order valence-corrected chi connectivity index (χ1v) is 6.11. The Bertz CT molecular complexity index is 646. The molecule has 1 aliphatic heterocycles. The van der Waals surface area contributed by atoms with Gasteiger partial charge in [0.05, 0.1) is 0 Å². The highest BCUT2D eigenvalue weighted by Gasteiger charge is 2.27. The number of imide groups is 1. The summed E-state index contributed by atoms with van der Waals surface area (Å²) in [5.41, 5.74) is 7.49. The van der Waals surface area contributed by atoms with Crippen molar-refractivity contribution in [3.05, 3.63) is 24.1 Å². The zero-order valence-corrected chi connectivity index (χ0v) is 10.3. The second-order valence-corrected chi connectivity index (χ2v) is 4.56. The first-order chi connectivity index (χ1) is 9.13. The van der Waals surface area contributed by atoms with Crippen molar-refractivity contribution in [2.24, 2.45) is 0 Å². The SMILES string of the molecule is Nc1ccc2oc(CN3C(=O)CCCC3=O)nc2c1. The monoisotopic (exact) mass is 259 g/mol. The van der Waals surface area contributed by atoms with E-state index in [1.165, 1.54) is 4.90 Å². The van der Waals surface area contributed by atoms with E-state index in [4.69, 9.17) is 10.2 Å². The van der Waals surface area contributed by atoms with Gasteiger partial charge >= 0.3 is 0 Å². The van der Waals surface area contributed by atoms with Crippen LogP contribution in [0.1, 0.15) is 25.2 Å². The number of likely N-dealkylation sites (tertiary alicyclic amines) is 1. The summed E-state index contributed by atoms with van der Waals surface area (Å²) in [6.07, 6.45) is 1.43. The minimum Gasteiger partial charge on any atom is -0.439 e.